The van der Waals surface area contributed by atoms with Crippen LogP contribution in [0.5, 0.6) is 0 Å². The van der Waals surface area contributed by atoms with Crippen LogP contribution in [0.3, 0.4) is 0 Å². The molecule has 1 aromatic heterocycles. The first-order chi connectivity index (χ1) is 12.7. The maximum absolute atomic E-state index is 13.6. The SMILES string of the molecule is C=CC(C)c1nc(-c2ccc(F)c(Cl)c2)c(-c2ccccc2S(N)(=O)=O)o1. The normalized spacial score (nSPS) is 12.7. The summed E-state index contributed by atoms with van der Waals surface area (Å²) in [4.78, 5) is 4.36. The summed E-state index contributed by atoms with van der Waals surface area (Å²) in [6, 6.07) is 10.3. The molecular formula is C19H16ClFN2O3S. The lowest BCUT2D eigenvalue weighted by atomic mass is 10.1. The monoisotopic (exact) mass is 406 g/mol. The predicted octanol–water partition coefficient (Wildman–Crippen LogP) is 4.74. The number of allylic oxidation sites excluding steroid dienone is 1. The predicted molar refractivity (Wildman–Crippen MR) is 102 cm³/mol. The Morgan fingerprint density at radius 3 is 2.63 bits per heavy atom. The van der Waals surface area contributed by atoms with Crippen molar-refractivity contribution in [1.82, 2.24) is 4.98 Å². The van der Waals surface area contributed by atoms with Crippen molar-refractivity contribution < 1.29 is 17.2 Å². The highest BCUT2D eigenvalue weighted by molar-refractivity contribution is 7.89. The van der Waals surface area contributed by atoms with Crippen molar-refractivity contribution in [1.29, 1.82) is 0 Å². The van der Waals surface area contributed by atoms with Crippen LogP contribution in [0, 0.1) is 5.82 Å². The molecule has 3 aromatic rings. The lowest BCUT2D eigenvalue weighted by Gasteiger charge is -2.07. The second-order valence-electron chi connectivity index (χ2n) is 5.92. The number of aromatic nitrogens is 1. The summed E-state index contributed by atoms with van der Waals surface area (Å²) in [6.07, 6.45) is 1.64. The molecule has 1 heterocycles. The number of hydrogen-bond donors (Lipinski definition) is 1. The van der Waals surface area contributed by atoms with Gasteiger partial charge < -0.3 is 4.42 Å². The van der Waals surface area contributed by atoms with Gasteiger partial charge in [-0.15, -0.1) is 6.58 Å². The van der Waals surface area contributed by atoms with E-state index in [4.69, 9.17) is 21.2 Å². The minimum atomic E-state index is -4.01. The van der Waals surface area contributed by atoms with Crippen molar-refractivity contribution in [3.63, 3.8) is 0 Å². The first-order valence-corrected chi connectivity index (χ1v) is 9.85. The average Bonchev–Trinajstić information content (AvgIpc) is 3.08. The van der Waals surface area contributed by atoms with Crippen molar-refractivity contribution in [2.45, 2.75) is 17.7 Å². The molecule has 3 rings (SSSR count). The van der Waals surface area contributed by atoms with Gasteiger partial charge in [-0.3, -0.25) is 0 Å². The zero-order valence-electron chi connectivity index (χ0n) is 14.3. The molecule has 140 valence electrons. The Morgan fingerprint density at radius 1 is 1.30 bits per heavy atom. The van der Waals surface area contributed by atoms with Gasteiger partial charge in [-0.05, 0) is 30.3 Å². The van der Waals surface area contributed by atoms with Gasteiger partial charge in [0, 0.05) is 11.1 Å². The third-order valence-electron chi connectivity index (χ3n) is 4.02. The molecule has 2 aromatic carbocycles. The van der Waals surface area contributed by atoms with Crippen molar-refractivity contribution in [2.24, 2.45) is 5.14 Å². The van der Waals surface area contributed by atoms with Crippen LogP contribution < -0.4 is 5.14 Å². The van der Waals surface area contributed by atoms with Gasteiger partial charge >= 0.3 is 0 Å². The number of hydrogen-bond acceptors (Lipinski definition) is 4. The van der Waals surface area contributed by atoms with E-state index >= 15 is 0 Å². The van der Waals surface area contributed by atoms with Crippen LogP contribution in [0.1, 0.15) is 18.7 Å². The van der Waals surface area contributed by atoms with Crippen LogP contribution in [0.2, 0.25) is 5.02 Å². The van der Waals surface area contributed by atoms with Gasteiger partial charge in [0.25, 0.3) is 0 Å². The zero-order chi connectivity index (χ0) is 19.8. The quantitative estimate of drug-likeness (QED) is 0.620. The zero-order valence-corrected chi connectivity index (χ0v) is 15.9. The fourth-order valence-electron chi connectivity index (χ4n) is 2.56. The molecule has 0 radical (unpaired) electrons. The van der Waals surface area contributed by atoms with Crippen LogP contribution in [0.15, 0.2) is 64.4 Å². The Bertz CT molecular complexity index is 1130. The molecule has 0 aliphatic heterocycles. The first-order valence-electron chi connectivity index (χ1n) is 7.93. The molecule has 0 aliphatic carbocycles. The number of nitrogens with two attached hydrogens (primary N) is 1. The summed E-state index contributed by atoms with van der Waals surface area (Å²) in [5.41, 5.74) is 1.06. The fourth-order valence-corrected chi connectivity index (χ4v) is 3.47. The largest absolute Gasteiger partial charge is 0.439 e. The molecule has 8 heteroatoms. The van der Waals surface area contributed by atoms with Gasteiger partial charge in [-0.2, -0.15) is 0 Å². The molecule has 0 saturated carbocycles. The molecule has 0 fully saturated rings. The number of primary sulfonamides is 1. The highest BCUT2D eigenvalue weighted by Crippen LogP contribution is 2.38. The van der Waals surface area contributed by atoms with E-state index in [1.807, 2.05) is 6.92 Å². The second kappa shape index (κ2) is 7.26. The van der Waals surface area contributed by atoms with Crippen molar-refractivity contribution in [3.05, 3.63) is 71.9 Å². The van der Waals surface area contributed by atoms with Crippen molar-refractivity contribution in [2.75, 3.05) is 0 Å². The van der Waals surface area contributed by atoms with E-state index in [2.05, 4.69) is 11.6 Å². The molecule has 5 nitrogen and oxygen atoms in total. The third kappa shape index (κ3) is 3.80. The minimum absolute atomic E-state index is 0.0838. The van der Waals surface area contributed by atoms with Crippen LogP contribution in [0.4, 0.5) is 4.39 Å². The number of rotatable bonds is 5. The molecular weight excluding hydrogens is 391 g/mol. The molecule has 0 bridgehead atoms. The molecule has 1 unspecified atom stereocenters. The molecule has 0 amide bonds. The van der Waals surface area contributed by atoms with Crippen LogP contribution in [0.25, 0.3) is 22.6 Å². The van der Waals surface area contributed by atoms with E-state index in [1.54, 1.807) is 24.3 Å². The van der Waals surface area contributed by atoms with Gasteiger partial charge in [-0.1, -0.05) is 36.7 Å². The van der Waals surface area contributed by atoms with E-state index in [9.17, 15) is 12.8 Å². The fraction of sp³-hybridized carbons (Fsp3) is 0.105. The molecule has 0 spiro atoms. The number of oxazole rings is 1. The Balaban J connectivity index is 2.32. The van der Waals surface area contributed by atoms with E-state index in [0.717, 1.165) is 0 Å². The standard InChI is InChI=1S/C19H16ClFN2O3S/c1-3-11(2)19-23-17(12-8-9-15(21)14(20)10-12)18(26-19)13-6-4-5-7-16(13)27(22,24)25/h3-11H,1H2,2H3,(H2,22,24,25). The lowest BCUT2D eigenvalue weighted by molar-refractivity contribution is 0.494. The van der Waals surface area contributed by atoms with Gasteiger partial charge in [0.2, 0.25) is 15.9 Å². The average molecular weight is 407 g/mol. The minimum Gasteiger partial charge on any atom is -0.439 e. The Kier molecular flexibility index (Phi) is 5.19. The Labute approximate surface area is 161 Å². The van der Waals surface area contributed by atoms with E-state index in [1.165, 1.54) is 24.3 Å². The van der Waals surface area contributed by atoms with Crippen molar-refractivity contribution in [3.8, 4) is 22.6 Å². The highest BCUT2D eigenvalue weighted by atomic mass is 35.5. The number of benzene rings is 2. The van der Waals surface area contributed by atoms with E-state index in [0.29, 0.717) is 17.1 Å². The molecule has 2 N–H and O–H groups in total. The van der Waals surface area contributed by atoms with Gasteiger partial charge in [-0.25, -0.2) is 22.9 Å². The number of sulfonamides is 1. The van der Waals surface area contributed by atoms with Crippen LogP contribution in [-0.4, -0.2) is 13.4 Å². The van der Waals surface area contributed by atoms with Crippen LogP contribution in [-0.2, 0) is 10.0 Å². The summed E-state index contributed by atoms with van der Waals surface area (Å²) in [5, 5.41) is 5.26. The molecule has 0 saturated heterocycles. The summed E-state index contributed by atoms with van der Waals surface area (Å²) < 4.78 is 43.4. The van der Waals surface area contributed by atoms with Crippen molar-refractivity contribution >= 4 is 21.6 Å². The topological polar surface area (TPSA) is 86.2 Å². The van der Waals surface area contributed by atoms with Gasteiger partial charge in [0.1, 0.15) is 11.5 Å². The van der Waals surface area contributed by atoms with Gasteiger partial charge in [0.05, 0.1) is 15.8 Å². The summed E-state index contributed by atoms with van der Waals surface area (Å²) in [6.45, 7) is 5.55. The first kappa shape index (κ1) is 19.3. The molecule has 1 atom stereocenters. The molecule has 27 heavy (non-hydrogen) atoms. The van der Waals surface area contributed by atoms with E-state index in [-0.39, 0.29) is 27.2 Å². The summed E-state index contributed by atoms with van der Waals surface area (Å²) >= 11 is 5.90. The number of nitrogens with zero attached hydrogens (tertiary/aromatic N) is 1. The number of halogens is 2. The second-order valence-corrected chi connectivity index (χ2v) is 7.86. The lowest BCUT2D eigenvalue weighted by Crippen LogP contribution is -2.13. The highest BCUT2D eigenvalue weighted by Gasteiger charge is 2.24. The third-order valence-corrected chi connectivity index (χ3v) is 5.28. The Hall–Kier alpha value is -2.48. The maximum Gasteiger partial charge on any atom is 0.238 e. The smallest absolute Gasteiger partial charge is 0.238 e. The van der Waals surface area contributed by atoms with E-state index < -0.39 is 15.8 Å². The Morgan fingerprint density at radius 2 is 2.00 bits per heavy atom. The molecule has 0 aliphatic rings. The summed E-state index contributed by atoms with van der Waals surface area (Å²) in [5.74, 6) is -0.268. The van der Waals surface area contributed by atoms with Crippen LogP contribution >= 0.6 is 11.6 Å². The van der Waals surface area contributed by atoms with Gasteiger partial charge in [0.15, 0.2) is 5.76 Å². The summed E-state index contributed by atoms with van der Waals surface area (Å²) in [7, 11) is -4.01. The maximum atomic E-state index is 13.6.